The Morgan fingerprint density at radius 2 is 2.41 bits per heavy atom. The number of halogens is 1. The van der Waals surface area contributed by atoms with Crippen molar-refractivity contribution < 1.29 is 4.39 Å². The van der Waals surface area contributed by atoms with Gasteiger partial charge in [-0.3, -0.25) is 0 Å². The van der Waals surface area contributed by atoms with Crippen LogP contribution in [0.5, 0.6) is 0 Å². The molecular weight excluding hydrogens is 215 g/mol. The van der Waals surface area contributed by atoms with Gasteiger partial charge in [0.1, 0.15) is 5.82 Å². The highest BCUT2D eigenvalue weighted by Crippen LogP contribution is 2.25. The molecule has 1 aliphatic rings. The van der Waals surface area contributed by atoms with Crippen molar-refractivity contribution in [2.75, 3.05) is 20.1 Å². The fourth-order valence-corrected chi connectivity index (χ4v) is 2.60. The smallest absolute Gasteiger partial charge is 0.123 e. The lowest BCUT2D eigenvalue weighted by atomic mass is 9.89. The SMILES string of the molecule is CNC(CC1CCCNC1)c1cccc(F)c1. The zero-order valence-corrected chi connectivity index (χ0v) is 10.4. The molecule has 1 aromatic carbocycles. The van der Waals surface area contributed by atoms with E-state index in [1.54, 1.807) is 12.1 Å². The lowest BCUT2D eigenvalue weighted by Gasteiger charge is -2.27. The van der Waals surface area contributed by atoms with Gasteiger partial charge in [-0.2, -0.15) is 0 Å². The fraction of sp³-hybridized carbons (Fsp3) is 0.571. The Balaban J connectivity index is 2.00. The highest BCUT2D eigenvalue weighted by Gasteiger charge is 2.19. The molecule has 2 atom stereocenters. The maximum absolute atomic E-state index is 13.2. The van der Waals surface area contributed by atoms with Gasteiger partial charge in [-0.25, -0.2) is 4.39 Å². The number of benzene rings is 1. The Bertz CT molecular complexity index is 348. The summed E-state index contributed by atoms with van der Waals surface area (Å²) in [6.07, 6.45) is 3.61. The largest absolute Gasteiger partial charge is 0.316 e. The highest BCUT2D eigenvalue weighted by atomic mass is 19.1. The molecule has 0 aliphatic carbocycles. The van der Waals surface area contributed by atoms with E-state index in [0.717, 1.165) is 25.1 Å². The minimum Gasteiger partial charge on any atom is -0.316 e. The summed E-state index contributed by atoms with van der Waals surface area (Å²) < 4.78 is 13.2. The summed E-state index contributed by atoms with van der Waals surface area (Å²) in [7, 11) is 1.95. The van der Waals surface area contributed by atoms with Gasteiger partial charge in [-0.15, -0.1) is 0 Å². The first-order chi connectivity index (χ1) is 8.29. The number of hydrogen-bond acceptors (Lipinski definition) is 2. The molecule has 0 saturated carbocycles. The van der Waals surface area contributed by atoms with Gasteiger partial charge in [-0.1, -0.05) is 12.1 Å². The van der Waals surface area contributed by atoms with E-state index in [1.807, 2.05) is 13.1 Å². The first-order valence-corrected chi connectivity index (χ1v) is 6.43. The molecule has 0 bridgehead atoms. The number of nitrogens with one attached hydrogen (secondary N) is 2. The van der Waals surface area contributed by atoms with Crippen LogP contribution >= 0.6 is 0 Å². The molecule has 2 rings (SSSR count). The van der Waals surface area contributed by atoms with E-state index in [-0.39, 0.29) is 11.9 Å². The molecule has 0 radical (unpaired) electrons. The summed E-state index contributed by atoms with van der Waals surface area (Å²) in [6, 6.07) is 7.18. The zero-order chi connectivity index (χ0) is 12.1. The molecule has 1 aliphatic heterocycles. The molecule has 1 aromatic rings. The van der Waals surface area contributed by atoms with Crippen molar-refractivity contribution in [1.29, 1.82) is 0 Å². The van der Waals surface area contributed by atoms with Gasteiger partial charge < -0.3 is 10.6 Å². The van der Waals surface area contributed by atoms with E-state index in [9.17, 15) is 4.39 Å². The van der Waals surface area contributed by atoms with Crippen LogP contribution in [0.2, 0.25) is 0 Å². The fourth-order valence-electron chi connectivity index (χ4n) is 2.60. The van der Waals surface area contributed by atoms with E-state index >= 15 is 0 Å². The van der Waals surface area contributed by atoms with Crippen LogP contribution in [-0.2, 0) is 0 Å². The van der Waals surface area contributed by atoms with Crippen LogP contribution in [-0.4, -0.2) is 20.1 Å². The van der Waals surface area contributed by atoms with Crippen molar-refractivity contribution in [2.45, 2.75) is 25.3 Å². The average molecular weight is 236 g/mol. The molecule has 0 amide bonds. The predicted molar refractivity (Wildman–Crippen MR) is 68.4 cm³/mol. The Kier molecular flexibility index (Phi) is 4.51. The molecule has 1 fully saturated rings. The summed E-state index contributed by atoms with van der Waals surface area (Å²) in [4.78, 5) is 0. The molecule has 0 spiro atoms. The van der Waals surface area contributed by atoms with Crippen molar-refractivity contribution in [1.82, 2.24) is 10.6 Å². The highest BCUT2D eigenvalue weighted by molar-refractivity contribution is 5.20. The molecule has 0 aromatic heterocycles. The Labute approximate surface area is 103 Å². The Morgan fingerprint density at radius 3 is 3.06 bits per heavy atom. The van der Waals surface area contributed by atoms with E-state index in [0.29, 0.717) is 5.92 Å². The summed E-state index contributed by atoms with van der Waals surface area (Å²) in [5.74, 6) is 0.550. The number of piperidine rings is 1. The Morgan fingerprint density at radius 1 is 1.53 bits per heavy atom. The third kappa shape index (κ3) is 3.51. The van der Waals surface area contributed by atoms with Crippen LogP contribution < -0.4 is 10.6 Å². The number of rotatable bonds is 4. The molecule has 17 heavy (non-hydrogen) atoms. The van der Waals surface area contributed by atoms with Gasteiger partial charge in [-0.05, 0) is 63.0 Å². The second-order valence-electron chi connectivity index (χ2n) is 4.84. The summed E-state index contributed by atoms with van der Waals surface area (Å²) in [6.45, 7) is 2.23. The van der Waals surface area contributed by atoms with Gasteiger partial charge in [0.2, 0.25) is 0 Å². The lowest BCUT2D eigenvalue weighted by molar-refractivity contribution is 0.321. The number of hydrogen-bond donors (Lipinski definition) is 2. The zero-order valence-electron chi connectivity index (χ0n) is 10.4. The van der Waals surface area contributed by atoms with Crippen LogP contribution in [0.15, 0.2) is 24.3 Å². The van der Waals surface area contributed by atoms with Gasteiger partial charge in [0, 0.05) is 6.04 Å². The third-order valence-electron chi connectivity index (χ3n) is 3.57. The molecule has 2 nitrogen and oxygen atoms in total. The van der Waals surface area contributed by atoms with E-state index in [4.69, 9.17) is 0 Å². The van der Waals surface area contributed by atoms with E-state index in [1.165, 1.54) is 18.9 Å². The van der Waals surface area contributed by atoms with Crippen molar-refractivity contribution in [2.24, 2.45) is 5.92 Å². The van der Waals surface area contributed by atoms with Crippen molar-refractivity contribution in [3.8, 4) is 0 Å². The lowest BCUT2D eigenvalue weighted by Crippen LogP contribution is -2.32. The summed E-state index contributed by atoms with van der Waals surface area (Å²) in [5, 5.41) is 6.72. The molecular formula is C14H21FN2. The van der Waals surface area contributed by atoms with E-state index < -0.39 is 0 Å². The minimum atomic E-state index is -0.149. The molecule has 2 N–H and O–H groups in total. The predicted octanol–water partition coefficient (Wildman–Crippen LogP) is 2.48. The van der Waals surface area contributed by atoms with Crippen molar-refractivity contribution >= 4 is 0 Å². The quantitative estimate of drug-likeness (QED) is 0.839. The van der Waals surface area contributed by atoms with Crippen LogP contribution in [0, 0.1) is 11.7 Å². The van der Waals surface area contributed by atoms with Crippen LogP contribution in [0.25, 0.3) is 0 Å². The van der Waals surface area contributed by atoms with Crippen LogP contribution in [0.1, 0.15) is 30.9 Å². The van der Waals surface area contributed by atoms with Crippen LogP contribution in [0.4, 0.5) is 4.39 Å². The topological polar surface area (TPSA) is 24.1 Å². The minimum absolute atomic E-state index is 0.149. The molecule has 1 saturated heterocycles. The molecule has 1 heterocycles. The summed E-state index contributed by atoms with van der Waals surface area (Å²) in [5.41, 5.74) is 1.05. The molecule has 3 heteroatoms. The van der Waals surface area contributed by atoms with Gasteiger partial charge in [0.25, 0.3) is 0 Å². The molecule has 2 unspecified atom stereocenters. The first kappa shape index (κ1) is 12.5. The maximum atomic E-state index is 13.2. The van der Waals surface area contributed by atoms with Crippen molar-refractivity contribution in [3.63, 3.8) is 0 Å². The van der Waals surface area contributed by atoms with Gasteiger partial charge in [0.05, 0.1) is 0 Å². The van der Waals surface area contributed by atoms with Crippen molar-refractivity contribution in [3.05, 3.63) is 35.6 Å². The first-order valence-electron chi connectivity index (χ1n) is 6.43. The molecule has 94 valence electrons. The Hall–Kier alpha value is -0.930. The van der Waals surface area contributed by atoms with Crippen LogP contribution in [0.3, 0.4) is 0 Å². The van der Waals surface area contributed by atoms with E-state index in [2.05, 4.69) is 10.6 Å². The second kappa shape index (κ2) is 6.12. The third-order valence-corrected chi connectivity index (χ3v) is 3.57. The maximum Gasteiger partial charge on any atom is 0.123 e. The second-order valence-corrected chi connectivity index (χ2v) is 4.84. The standard InChI is InChI=1S/C14H21FN2/c1-16-14(8-11-4-3-7-17-10-11)12-5-2-6-13(15)9-12/h2,5-6,9,11,14,16-17H,3-4,7-8,10H2,1H3. The van der Waals surface area contributed by atoms with Gasteiger partial charge in [0.15, 0.2) is 0 Å². The average Bonchev–Trinajstić information content (AvgIpc) is 2.37. The normalized spacial score (nSPS) is 22.4. The monoisotopic (exact) mass is 236 g/mol. The summed E-state index contributed by atoms with van der Waals surface area (Å²) >= 11 is 0. The van der Waals surface area contributed by atoms with Gasteiger partial charge >= 0.3 is 0 Å².